The number of sulfonamides is 1. The van der Waals surface area contributed by atoms with Crippen LogP contribution < -0.4 is 5.32 Å². The van der Waals surface area contributed by atoms with Gasteiger partial charge in [-0.25, -0.2) is 8.42 Å². The van der Waals surface area contributed by atoms with E-state index >= 15 is 0 Å². The second-order valence-electron chi connectivity index (χ2n) is 6.47. The van der Waals surface area contributed by atoms with E-state index in [0.29, 0.717) is 24.4 Å². The van der Waals surface area contributed by atoms with Gasteiger partial charge in [0.15, 0.2) is 0 Å². The summed E-state index contributed by atoms with van der Waals surface area (Å²) in [5.41, 5.74) is 1.65. The van der Waals surface area contributed by atoms with E-state index in [1.165, 1.54) is 0 Å². The van der Waals surface area contributed by atoms with Gasteiger partial charge in [-0.1, -0.05) is 6.92 Å². The molecule has 0 atom stereocenters. The second kappa shape index (κ2) is 7.21. The Bertz CT molecular complexity index is 710. The maximum absolute atomic E-state index is 12.9. The number of fused-ring (bicyclic) bond motifs is 1. The standard InChI is InChI=1S/C17H25N3O3S/c1-2-8-19-9-11-20(12-10-19)24(22,23)15-6-7-16-14(13-15)4-3-5-17(21)18-16/h6-7,13H,2-5,8-12H2,1H3,(H,18,21). The summed E-state index contributed by atoms with van der Waals surface area (Å²) in [4.78, 5) is 14.3. The Hall–Kier alpha value is -1.44. The molecule has 3 rings (SSSR count). The average Bonchev–Trinajstić information content (AvgIpc) is 2.75. The fraction of sp³-hybridized carbons (Fsp3) is 0.588. The minimum atomic E-state index is -3.47. The highest BCUT2D eigenvalue weighted by atomic mass is 32.2. The Morgan fingerprint density at radius 1 is 1.12 bits per heavy atom. The molecule has 1 aromatic carbocycles. The van der Waals surface area contributed by atoms with Gasteiger partial charge < -0.3 is 10.2 Å². The highest BCUT2D eigenvalue weighted by Gasteiger charge is 2.29. The number of piperazine rings is 1. The molecular weight excluding hydrogens is 326 g/mol. The van der Waals surface area contributed by atoms with E-state index < -0.39 is 10.0 Å². The minimum Gasteiger partial charge on any atom is -0.326 e. The van der Waals surface area contributed by atoms with E-state index in [1.54, 1.807) is 22.5 Å². The lowest BCUT2D eigenvalue weighted by Crippen LogP contribution is -2.48. The molecule has 0 aliphatic carbocycles. The summed E-state index contributed by atoms with van der Waals surface area (Å²) in [5.74, 6) is -0.00333. The molecule has 0 bridgehead atoms. The van der Waals surface area contributed by atoms with Crippen LogP contribution >= 0.6 is 0 Å². The lowest BCUT2D eigenvalue weighted by Gasteiger charge is -2.33. The molecule has 24 heavy (non-hydrogen) atoms. The van der Waals surface area contributed by atoms with Gasteiger partial charge in [-0.2, -0.15) is 4.31 Å². The Morgan fingerprint density at radius 3 is 2.58 bits per heavy atom. The molecule has 2 heterocycles. The third-order valence-corrected chi connectivity index (χ3v) is 6.60. The Labute approximate surface area is 143 Å². The number of anilines is 1. The smallest absolute Gasteiger partial charge is 0.243 e. The van der Waals surface area contributed by atoms with Crippen LogP contribution in [0.3, 0.4) is 0 Å². The van der Waals surface area contributed by atoms with Crippen LogP contribution in [0.5, 0.6) is 0 Å². The van der Waals surface area contributed by atoms with E-state index in [1.807, 2.05) is 0 Å². The largest absolute Gasteiger partial charge is 0.326 e. The third kappa shape index (κ3) is 3.63. The molecule has 2 aliphatic rings. The summed E-state index contributed by atoms with van der Waals surface area (Å²) in [6.45, 7) is 5.80. The number of amides is 1. The zero-order valence-electron chi connectivity index (χ0n) is 14.1. The molecule has 132 valence electrons. The lowest BCUT2D eigenvalue weighted by atomic mass is 10.1. The lowest BCUT2D eigenvalue weighted by molar-refractivity contribution is -0.116. The normalized spacial score (nSPS) is 20.3. The molecule has 1 amide bonds. The van der Waals surface area contributed by atoms with Crippen LogP contribution in [0.2, 0.25) is 0 Å². The zero-order valence-corrected chi connectivity index (χ0v) is 14.9. The summed E-state index contributed by atoms with van der Waals surface area (Å²) in [6.07, 6.45) is 3.04. The first kappa shape index (κ1) is 17.4. The first-order chi connectivity index (χ1) is 11.5. The fourth-order valence-corrected chi connectivity index (χ4v) is 4.84. The maximum Gasteiger partial charge on any atom is 0.243 e. The minimum absolute atomic E-state index is 0.00333. The predicted molar refractivity (Wildman–Crippen MR) is 93.5 cm³/mol. The fourth-order valence-electron chi connectivity index (χ4n) is 3.37. The van der Waals surface area contributed by atoms with Crippen LogP contribution in [-0.4, -0.2) is 56.3 Å². The van der Waals surface area contributed by atoms with Gasteiger partial charge in [0.05, 0.1) is 4.90 Å². The monoisotopic (exact) mass is 351 g/mol. The molecule has 1 N–H and O–H groups in total. The first-order valence-electron chi connectivity index (χ1n) is 8.66. The molecule has 0 aromatic heterocycles. The van der Waals surface area contributed by atoms with Gasteiger partial charge in [0.25, 0.3) is 0 Å². The maximum atomic E-state index is 12.9. The van der Waals surface area contributed by atoms with Crippen molar-refractivity contribution in [2.75, 3.05) is 38.0 Å². The van der Waals surface area contributed by atoms with Crippen LogP contribution in [0, 0.1) is 0 Å². The number of carbonyl (C=O) groups is 1. The molecular formula is C17H25N3O3S. The molecule has 0 saturated carbocycles. The molecule has 0 spiro atoms. The van der Waals surface area contributed by atoms with E-state index in [2.05, 4.69) is 17.1 Å². The average molecular weight is 351 g/mol. The van der Waals surface area contributed by atoms with E-state index in [9.17, 15) is 13.2 Å². The summed E-state index contributed by atoms with van der Waals surface area (Å²) in [5, 5.41) is 2.85. The molecule has 7 heteroatoms. The van der Waals surface area contributed by atoms with Crippen molar-refractivity contribution in [2.45, 2.75) is 37.5 Å². The number of nitrogens with one attached hydrogen (secondary N) is 1. The second-order valence-corrected chi connectivity index (χ2v) is 8.40. The van der Waals surface area contributed by atoms with Crippen LogP contribution in [0.4, 0.5) is 5.69 Å². The van der Waals surface area contributed by atoms with Crippen molar-refractivity contribution in [1.29, 1.82) is 0 Å². The van der Waals surface area contributed by atoms with Crippen LogP contribution in [-0.2, 0) is 21.2 Å². The number of rotatable bonds is 4. The van der Waals surface area contributed by atoms with E-state index in [-0.39, 0.29) is 5.91 Å². The van der Waals surface area contributed by atoms with Gasteiger partial charge in [-0.15, -0.1) is 0 Å². The molecule has 6 nitrogen and oxygen atoms in total. The van der Waals surface area contributed by atoms with Gasteiger partial charge in [-0.3, -0.25) is 4.79 Å². The Balaban J connectivity index is 1.78. The van der Waals surface area contributed by atoms with Gasteiger partial charge in [0.2, 0.25) is 15.9 Å². The van der Waals surface area contributed by atoms with Crippen molar-refractivity contribution in [2.24, 2.45) is 0 Å². The highest BCUT2D eigenvalue weighted by Crippen LogP contribution is 2.27. The number of hydrogen-bond donors (Lipinski definition) is 1. The molecule has 1 saturated heterocycles. The number of hydrogen-bond acceptors (Lipinski definition) is 4. The van der Waals surface area contributed by atoms with Crippen molar-refractivity contribution < 1.29 is 13.2 Å². The Morgan fingerprint density at radius 2 is 1.88 bits per heavy atom. The topological polar surface area (TPSA) is 69.7 Å². The molecule has 1 aromatic rings. The van der Waals surface area contributed by atoms with Crippen LogP contribution in [0.15, 0.2) is 23.1 Å². The van der Waals surface area contributed by atoms with Crippen molar-refractivity contribution in [3.63, 3.8) is 0 Å². The number of nitrogens with zero attached hydrogens (tertiary/aromatic N) is 2. The quantitative estimate of drug-likeness (QED) is 0.896. The zero-order chi connectivity index (χ0) is 17.2. The van der Waals surface area contributed by atoms with Crippen molar-refractivity contribution >= 4 is 21.6 Å². The SMILES string of the molecule is CCCN1CCN(S(=O)(=O)c2ccc3c(c2)CCCC(=O)N3)CC1. The summed E-state index contributed by atoms with van der Waals surface area (Å²) < 4.78 is 27.4. The summed E-state index contributed by atoms with van der Waals surface area (Å²) >= 11 is 0. The van der Waals surface area contributed by atoms with Gasteiger partial charge in [-0.05, 0) is 49.6 Å². The molecule has 0 unspecified atom stereocenters. The number of aryl methyl sites for hydroxylation is 1. The molecule has 0 radical (unpaired) electrons. The van der Waals surface area contributed by atoms with Gasteiger partial charge in [0, 0.05) is 38.3 Å². The van der Waals surface area contributed by atoms with Crippen molar-refractivity contribution in [3.8, 4) is 0 Å². The van der Waals surface area contributed by atoms with Gasteiger partial charge in [0.1, 0.15) is 0 Å². The van der Waals surface area contributed by atoms with Crippen molar-refractivity contribution in [1.82, 2.24) is 9.21 Å². The summed E-state index contributed by atoms with van der Waals surface area (Å²) in [7, 11) is -3.47. The first-order valence-corrected chi connectivity index (χ1v) is 10.1. The van der Waals surface area contributed by atoms with Crippen LogP contribution in [0.25, 0.3) is 0 Å². The van der Waals surface area contributed by atoms with E-state index in [0.717, 1.165) is 50.1 Å². The predicted octanol–water partition coefficient (Wildman–Crippen LogP) is 1.68. The third-order valence-electron chi connectivity index (χ3n) is 4.71. The number of benzene rings is 1. The highest BCUT2D eigenvalue weighted by molar-refractivity contribution is 7.89. The van der Waals surface area contributed by atoms with Gasteiger partial charge >= 0.3 is 0 Å². The Kier molecular flexibility index (Phi) is 5.22. The summed E-state index contributed by atoms with van der Waals surface area (Å²) in [6, 6.07) is 5.06. The van der Waals surface area contributed by atoms with E-state index in [4.69, 9.17) is 0 Å². The number of carbonyl (C=O) groups excluding carboxylic acids is 1. The molecule has 2 aliphatic heterocycles. The van der Waals surface area contributed by atoms with Crippen LogP contribution in [0.1, 0.15) is 31.7 Å². The van der Waals surface area contributed by atoms with Crippen molar-refractivity contribution in [3.05, 3.63) is 23.8 Å². The molecule has 1 fully saturated rings.